The number of allylic oxidation sites excluding steroid dienone is 2. The average Bonchev–Trinajstić information content (AvgIpc) is 2.66. The fourth-order valence-electron chi connectivity index (χ4n) is 2.10. The van der Waals surface area contributed by atoms with Gasteiger partial charge in [0.2, 0.25) is 11.8 Å². The van der Waals surface area contributed by atoms with Crippen LogP contribution in [0, 0.1) is 0 Å². The number of imide groups is 1. The van der Waals surface area contributed by atoms with Crippen LogP contribution in [0.5, 0.6) is 0 Å². The lowest BCUT2D eigenvalue weighted by molar-refractivity contribution is -0.133. The van der Waals surface area contributed by atoms with E-state index in [0.29, 0.717) is 18.7 Å². The first kappa shape index (κ1) is 15.0. The topological polar surface area (TPSA) is 76.0 Å². The first-order valence-electron chi connectivity index (χ1n) is 6.86. The quantitative estimate of drug-likeness (QED) is 0.755. The van der Waals surface area contributed by atoms with Crippen LogP contribution in [0.1, 0.15) is 26.7 Å². The Morgan fingerprint density at radius 2 is 2.19 bits per heavy atom. The third kappa shape index (κ3) is 3.39. The van der Waals surface area contributed by atoms with Crippen molar-refractivity contribution < 1.29 is 9.59 Å². The van der Waals surface area contributed by atoms with E-state index < -0.39 is 6.04 Å². The number of nitrogens with one attached hydrogen (secondary N) is 2. The minimum absolute atomic E-state index is 0.228. The minimum Gasteiger partial charge on any atom is -0.356 e. The molecule has 0 bridgehead atoms. The highest BCUT2D eigenvalue weighted by Crippen LogP contribution is 2.08. The molecule has 2 rings (SSSR count). The Kier molecular flexibility index (Phi) is 4.26. The highest BCUT2D eigenvalue weighted by atomic mass is 16.2. The lowest BCUT2D eigenvalue weighted by atomic mass is 10.1. The summed E-state index contributed by atoms with van der Waals surface area (Å²) in [6, 6.07) is -0.448. The van der Waals surface area contributed by atoms with Gasteiger partial charge in [0.05, 0.1) is 5.35 Å². The van der Waals surface area contributed by atoms with Crippen molar-refractivity contribution in [2.75, 3.05) is 5.32 Å². The van der Waals surface area contributed by atoms with E-state index in [9.17, 15) is 9.59 Å². The SMILES string of the molecule is C=c1/c(=C\C=C(C)C)c(NC2CCC(=O)NC2=O)nn1C. The van der Waals surface area contributed by atoms with Gasteiger partial charge in [-0.05, 0) is 26.3 Å². The molecule has 0 radical (unpaired) electrons. The number of anilines is 1. The second kappa shape index (κ2) is 5.95. The van der Waals surface area contributed by atoms with E-state index in [-0.39, 0.29) is 11.8 Å². The molecular weight excluding hydrogens is 268 g/mol. The number of carbonyl (C=O) groups excluding carboxylic acids is 2. The maximum atomic E-state index is 11.8. The van der Waals surface area contributed by atoms with Crippen molar-refractivity contribution in [2.24, 2.45) is 7.05 Å². The zero-order valence-electron chi connectivity index (χ0n) is 12.6. The summed E-state index contributed by atoms with van der Waals surface area (Å²) >= 11 is 0. The predicted molar refractivity (Wildman–Crippen MR) is 81.7 cm³/mol. The Labute approximate surface area is 123 Å². The van der Waals surface area contributed by atoms with Crippen LogP contribution in [0.4, 0.5) is 5.82 Å². The van der Waals surface area contributed by atoms with Crippen molar-refractivity contribution >= 4 is 30.3 Å². The lowest BCUT2D eigenvalue weighted by Gasteiger charge is -2.21. The standard InChI is InChI=1S/C15H20N4O2/c1-9(2)5-6-11-10(3)19(4)18-14(11)16-12-7-8-13(20)17-15(12)21/h5-6,12H,3,7-8H2,1-2,4H3,(H,16,18)(H,17,20,21)/b11-6+. The predicted octanol–water partition coefficient (Wildman–Crippen LogP) is -0.206. The van der Waals surface area contributed by atoms with Gasteiger partial charge in [-0.2, -0.15) is 5.10 Å². The number of hydrogen-bond donors (Lipinski definition) is 2. The van der Waals surface area contributed by atoms with Crippen molar-refractivity contribution in [3.8, 4) is 0 Å². The van der Waals surface area contributed by atoms with Crippen molar-refractivity contribution in [1.29, 1.82) is 0 Å². The third-order valence-corrected chi connectivity index (χ3v) is 3.34. The number of aryl methyl sites for hydroxylation is 1. The zero-order chi connectivity index (χ0) is 15.6. The van der Waals surface area contributed by atoms with Crippen LogP contribution in [-0.4, -0.2) is 27.6 Å². The Balaban J connectivity index is 2.33. The number of nitrogens with zero attached hydrogens (tertiary/aromatic N) is 2. The summed E-state index contributed by atoms with van der Waals surface area (Å²) in [5, 5.41) is 11.4. The number of piperidine rings is 1. The molecule has 1 aliphatic rings. The van der Waals surface area contributed by atoms with Gasteiger partial charge in [0.15, 0.2) is 5.82 Å². The van der Waals surface area contributed by atoms with E-state index in [1.807, 2.05) is 26.0 Å². The lowest BCUT2D eigenvalue weighted by Crippen LogP contribution is -2.48. The molecule has 1 saturated heterocycles. The van der Waals surface area contributed by atoms with Crippen LogP contribution in [0.2, 0.25) is 0 Å². The summed E-state index contributed by atoms with van der Waals surface area (Å²) in [5.74, 6) is 0.0680. The molecule has 6 heteroatoms. The van der Waals surface area contributed by atoms with Gasteiger partial charge in [0, 0.05) is 18.7 Å². The molecule has 112 valence electrons. The summed E-state index contributed by atoms with van der Waals surface area (Å²) < 4.78 is 1.67. The molecule has 0 aliphatic carbocycles. The summed E-state index contributed by atoms with van der Waals surface area (Å²) in [7, 11) is 1.80. The van der Waals surface area contributed by atoms with Crippen molar-refractivity contribution in [3.63, 3.8) is 0 Å². The molecule has 0 spiro atoms. The molecule has 6 nitrogen and oxygen atoms in total. The van der Waals surface area contributed by atoms with Crippen molar-refractivity contribution in [1.82, 2.24) is 15.1 Å². The van der Waals surface area contributed by atoms with Gasteiger partial charge < -0.3 is 5.32 Å². The van der Waals surface area contributed by atoms with E-state index in [1.165, 1.54) is 0 Å². The van der Waals surface area contributed by atoms with Crippen LogP contribution in [0.25, 0.3) is 12.7 Å². The number of hydrogen-bond acceptors (Lipinski definition) is 4. The van der Waals surface area contributed by atoms with Crippen LogP contribution in [-0.2, 0) is 16.6 Å². The normalized spacial score (nSPS) is 19.4. The highest BCUT2D eigenvalue weighted by molar-refractivity contribution is 6.01. The molecule has 2 heterocycles. The molecule has 1 atom stereocenters. The molecule has 1 aromatic heterocycles. The maximum Gasteiger partial charge on any atom is 0.249 e. The number of rotatable bonds is 3. The monoisotopic (exact) mass is 288 g/mol. The van der Waals surface area contributed by atoms with Gasteiger partial charge in [0.1, 0.15) is 6.04 Å². The zero-order valence-corrected chi connectivity index (χ0v) is 12.6. The fraction of sp³-hybridized carbons (Fsp3) is 0.400. The van der Waals surface area contributed by atoms with E-state index in [2.05, 4.69) is 22.3 Å². The van der Waals surface area contributed by atoms with E-state index in [1.54, 1.807) is 11.7 Å². The Morgan fingerprint density at radius 3 is 2.81 bits per heavy atom. The van der Waals surface area contributed by atoms with Gasteiger partial charge in [-0.25, -0.2) is 0 Å². The molecular formula is C15H20N4O2. The third-order valence-electron chi connectivity index (χ3n) is 3.34. The maximum absolute atomic E-state index is 11.8. The second-order valence-electron chi connectivity index (χ2n) is 5.39. The average molecular weight is 288 g/mol. The van der Waals surface area contributed by atoms with Crippen molar-refractivity contribution in [2.45, 2.75) is 32.7 Å². The van der Waals surface area contributed by atoms with Gasteiger partial charge in [0.25, 0.3) is 0 Å². The van der Waals surface area contributed by atoms with Gasteiger partial charge in [-0.15, -0.1) is 0 Å². The minimum atomic E-state index is -0.448. The molecule has 1 fully saturated rings. The van der Waals surface area contributed by atoms with Crippen LogP contribution >= 0.6 is 0 Å². The van der Waals surface area contributed by atoms with Crippen LogP contribution in [0.3, 0.4) is 0 Å². The molecule has 1 aromatic rings. The summed E-state index contributed by atoms with van der Waals surface area (Å²) in [4.78, 5) is 23.0. The van der Waals surface area contributed by atoms with Crippen LogP contribution < -0.4 is 21.2 Å². The first-order chi connectivity index (χ1) is 9.88. The smallest absolute Gasteiger partial charge is 0.249 e. The van der Waals surface area contributed by atoms with Gasteiger partial charge in [-0.1, -0.05) is 18.2 Å². The molecule has 0 saturated carbocycles. The molecule has 0 aromatic carbocycles. The largest absolute Gasteiger partial charge is 0.356 e. The van der Waals surface area contributed by atoms with Crippen LogP contribution in [0.15, 0.2) is 11.6 Å². The summed E-state index contributed by atoms with van der Waals surface area (Å²) in [6.07, 6.45) is 4.70. The Morgan fingerprint density at radius 1 is 1.48 bits per heavy atom. The number of carbonyl (C=O) groups is 2. The van der Waals surface area contributed by atoms with Crippen molar-refractivity contribution in [3.05, 3.63) is 22.2 Å². The highest BCUT2D eigenvalue weighted by Gasteiger charge is 2.27. The second-order valence-corrected chi connectivity index (χ2v) is 5.39. The van der Waals surface area contributed by atoms with Gasteiger partial charge in [-0.3, -0.25) is 19.6 Å². The number of amides is 2. The summed E-state index contributed by atoms with van der Waals surface area (Å²) in [6.45, 7) is 7.99. The van der Waals surface area contributed by atoms with E-state index in [4.69, 9.17) is 0 Å². The molecule has 2 amide bonds. The van der Waals surface area contributed by atoms with E-state index >= 15 is 0 Å². The number of aromatic nitrogens is 2. The molecule has 2 N–H and O–H groups in total. The Hall–Kier alpha value is -2.37. The van der Waals surface area contributed by atoms with E-state index in [0.717, 1.165) is 16.1 Å². The molecule has 21 heavy (non-hydrogen) atoms. The van der Waals surface area contributed by atoms with Gasteiger partial charge >= 0.3 is 0 Å². The molecule has 1 unspecified atom stereocenters. The summed E-state index contributed by atoms with van der Waals surface area (Å²) in [5.41, 5.74) is 1.16. The molecule has 1 aliphatic heterocycles. The first-order valence-corrected chi connectivity index (χ1v) is 6.86. The fourth-order valence-corrected chi connectivity index (χ4v) is 2.10. The Bertz CT molecular complexity index is 711.